The predicted molar refractivity (Wildman–Crippen MR) is 48.3 cm³/mol. The largest absolute Gasteiger partial charge is 0.340 e. The molecule has 1 heterocycles. The summed E-state index contributed by atoms with van der Waals surface area (Å²) in [7, 11) is 0. The molecule has 0 unspecified atom stereocenters. The number of halogens is 1. The van der Waals surface area contributed by atoms with E-state index in [2.05, 4.69) is 29.3 Å². The normalized spacial score (nSPS) is 10.0. The average molecular weight is 192 g/mol. The molecule has 12 heavy (non-hydrogen) atoms. The maximum Gasteiger partial charge on any atom is 0.223 e. The molecule has 1 rings (SSSR count). The number of hydrogen-bond donors (Lipinski definition) is 1. The van der Waals surface area contributed by atoms with Crippen molar-refractivity contribution in [2.24, 2.45) is 0 Å². The van der Waals surface area contributed by atoms with Gasteiger partial charge in [-0.1, -0.05) is 19.0 Å². The number of aromatic nitrogens is 2. The molecule has 0 amide bonds. The lowest BCUT2D eigenvalue weighted by molar-refractivity contribution is 0.384. The number of nitrogens with zero attached hydrogens (tertiary/aromatic N) is 2. The predicted octanol–water partition coefficient (Wildman–Crippen LogP) is 1.30. The molecule has 0 spiro atoms. The van der Waals surface area contributed by atoms with Crippen LogP contribution in [0.25, 0.3) is 0 Å². The Balaban J connectivity index is 0.00000121. The first kappa shape index (κ1) is 11.4. The van der Waals surface area contributed by atoms with E-state index in [1.54, 1.807) is 6.92 Å². The molecule has 0 aliphatic heterocycles. The summed E-state index contributed by atoms with van der Waals surface area (Å²) in [5.41, 5.74) is 0. The molecule has 0 bridgehead atoms. The molecule has 4 nitrogen and oxygen atoms in total. The van der Waals surface area contributed by atoms with Crippen molar-refractivity contribution in [3.63, 3.8) is 0 Å². The van der Waals surface area contributed by atoms with E-state index in [-0.39, 0.29) is 12.4 Å². The molecule has 0 fully saturated rings. The maximum atomic E-state index is 4.80. The Morgan fingerprint density at radius 3 is 2.58 bits per heavy atom. The molecular weight excluding hydrogens is 178 g/mol. The number of aryl methyl sites for hydroxylation is 1. The molecular formula is C7H14ClN3O. The van der Waals surface area contributed by atoms with E-state index < -0.39 is 0 Å². The summed E-state index contributed by atoms with van der Waals surface area (Å²) >= 11 is 0. The highest BCUT2D eigenvalue weighted by Crippen LogP contribution is 1.94. The van der Waals surface area contributed by atoms with E-state index in [1.807, 2.05) is 0 Å². The van der Waals surface area contributed by atoms with Crippen LogP contribution >= 0.6 is 12.4 Å². The second-order valence-electron chi connectivity index (χ2n) is 2.77. The Morgan fingerprint density at radius 1 is 1.50 bits per heavy atom. The second-order valence-corrected chi connectivity index (χ2v) is 2.77. The Hall–Kier alpha value is -0.610. The van der Waals surface area contributed by atoms with Gasteiger partial charge >= 0.3 is 0 Å². The lowest BCUT2D eigenvalue weighted by Gasteiger charge is -2.02. The Morgan fingerprint density at radius 2 is 2.17 bits per heavy atom. The number of hydrogen-bond acceptors (Lipinski definition) is 4. The van der Waals surface area contributed by atoms with Gasteiger partial charge < -0.3 is 9.84 Å². The van der Waals surface area contributed by atoms with Gasteiger partial charge in [0.25, 0.3) is 0 Å². The topological polar surface area (TPSA) is 51.0 Å². The van der Waals surface area contributed by atoms with E-state index in [0.29, 0.717) is 18.5 Å². The van der Waals surface area contributed by atoms with Crippen molar-refractivity contribution in [1.82, 2.24) is 15.5 Å². The molecule has 5 heteroatoms. The molecule has 0 saturated carbocycles. The zero-order chi connectivity index (χ0) is 8.27. The summed E-state index contributed by atoms with van der Waals surface area (Å²) in [5, 5.41) is 6.93. The monoisotopic (exact) mass is 191 g/mol. The van der Waals surface area contributed by atoms with Crippen LogP contribution in [0, 0.1) is 6.92 Å². The van der Waals surface area contributed by atoms with Gasteiger partial charge in [-0.2, -0.15) is 4.98 Å². The molecule has 0 saturated heterocycles. The van der Waals surface area contributed by atoms with Gasteiger partial charge in [0.1, 0.15) is 0 Å². The summed E-state index contributed by atoms with van der Waals surface area (Å²) in [6, 6.07) is 0.453. The van der Waals surface area contributed by atoms with Gasteiger partial charge in [-0.25, -0.2) is 0 Å². The Labute approximate surface area is 78.1 Å². The molecule has 0 aliphatic rings. The van der Waals surface area contributed by atoms with E-state index in [4.69, 9.17) is 4.52 Å². The van der Waals surface area contributed by atoms with Crippen LogP contribution < -0.4 is 5.32 Å². The first-order valence-corrected chi connectivity index (χ1v) is 3.71. The standard InChI is InChI=1S/C7H13N3O.ClH/c1-5(2)8-4-7-9-6(3)11-10-7;/h5,8H,4H2,1-3H3;1H. The molecule has 0 atom stereocenters. The van der Waals surface area contributed by atoms with Gasteiger partial charge in [0.05, 0.1) is 6.54 Å². The second kappa shape index (κ2) is 5.11. The fourth-order valence-corrected chi connectivity index (χ4v) is 0.709. The van der Waals surface area contributed by atoms with E-state index >= 15 is 0 Å². The minimum absolute atomic E-state index is 0. The molecule has 0 aliphatic carbocycles. The van der Waals surface area contributed by atoms with Gasteiger partial charge in [-0.05, 0) is 0 Å². The van der Waals surface area contributed by atoms with Crippen molar-refractivity contribution in [2.75, 3.05) is 0 Å². The van der Waals surface area contributed by atoms with E-state index in [0.717, 1.165) is 5.82 Å². The minimum Gasteiger partial charge on any atom is -0.340 e. The fraction of sp³-hybridized carbons (Fsp3) is 0.714. The third-order valence-corrected chi connectivity index (χ3v) is 1.24. The molecule has 1 N–H and O–H groups in total. The molecule has 0 radical (unpaired) electrons. The highest BCUT2D eigenvalue weighted by molar-refractivity contribution is 5.85. The lowest BCUT2D eigenvalue weighted by Crippen LogP contribution is -2.22. The smallest absolute Gasteiger partial charge is 0.223 e. The van der Waals surface area contributed by atoms with Crippen LogP contribution in [0.15, 0.2) is 4.52 Å². The average Bonchev–Trinajstić information content (AvgIpc) is 2.31. The van der Waals surface area contributed by atoms with Gasteiger partial charge in [-0.3, -0.25) is 0 Å². The van der Waals surface area contributed by atoms with Crippen LogP contribution in [-0.4, -0.2) is 16.2 Å². The first-order valence-electron chi connectivity index (χ1n) is 3.71. The Bertz CT molecular complexity index is 224. The lowest BCUT2D eigenvalue weighted by atomic mass is 10.4. The highest BCUT2D eigenvalue weighted by atomic mass is 35.5. The van der Waals surface area contributed by atoms with Crippen molar-refractivity contribution < 1.29 is 4.52 Å². The SMILES string of the molecule is Cc1nc(CNC(C)C)no1.Cl. The van der Waals surface area contributed by atoms with Crippen molar-refractivity contribution in [3.05, 3.63) is 11.7 Å². The van der Waals surface area contributed by atoms with Gasteiger partial charge in [0, 0.05) is 13.0 Å². The first-order chi connectivity index (χ1) is 5.18. The third-order valence-electron chi connectivity index (χ3n) is 1.24. The van der Waals surface area contributed by atoms with Crippen LogP contribution in [0.3, 0.4) is 0 Å². The van der Waals surface area contributed by atoms with Crippen LogP contribution in [0.1, 0.15) is 25.6 Å². The van der Waals surface area contributed by atoms with Gasteiger partial charge in [0.15, 0.2) is 5.82 Å². The molecule has 1 aromatic heterocycles. The van der Waals surface area contributed by atoms with Crippen molar-refractivity contribution in [3.8, 4) is 0 Å². The quantitative estimate of drug-likeness (QED) is 0.783. The zero-order valence-corrected chi connectivity index (χ0v) is 8.31. The zero-order valence-electron chi connectivity index (χ0n) is 7.50. The minimum atomic E-state index is 0. The van der Waals surface area contributed by atoms with Crippen molar-refractivity contribution >= 4 is 12.4 Å². The summed E-state index contributed by atoms with van der Waals surface area (Å²) in [6.07, 6.45) is 0. The van der Waals surface area contributed by atoms with Crippen LogP contribution in [0.2, 0.25) is 0 Å². The van der Waals surface area contributed by atoms with E-state index in [9.17, 15) is 0 Å². The number of nitrogens with one attached hydrogen (secondary N) is 1. The van der Waals surface area contributed by atoms with E-state index in [1.165, 1.54) is 0 Å². The third kappa shape index (κ3) is 3.69. The molecule has 0 aromatic carbocycles. The molecule has 1 aromatic rings. The van der Waals surface area contributed by atoms with Crippen LogP contribution in [-0.2, 0) is 6.54 Å². The summed E-state index contributed by atoms with van der Waals surface area (Å²) in [6.45, 7) is 6.61. The van der Waals surface area contributed by atoms with Crippen LogP contribution in [0.4, 0.5) is 0 Å². The summed E-state index contributed by atoms with van der Waals surface area (Å²) in [5.74, 6) is 1.33. The number of rotatable bonds is 3. The fourth-order valence-electron chi connectivity index (χ4n) is 0.709. The molecule has 70 valence electrons. The maximum absolute atomic E-state index is 4.80. The Kier molecular flexibility index (Phi) is 4.85. The van der Waals surface area contributed by atoms with Crippen LogP contribution in [0.5, 0.6) is 0 Å². The van der Waals surface area contributed by atoms with Gasteiger partial charge in [-0.15, -0.1) is 12.4 Å². The van der Waals surface area contributed by atoms with Crippen molar-refractivity contribution in [2.45, 2.75) is 33.4 Å². The van der Waals surface area contributed by atoms with Gasteiger partial charge in [0.2, 0.25) is 5.89 Å². The summed E-state index contributed by atoms with van der Waals surface area (Å²) in [4.78, 5) is 4.04. The van der Waals surface area contributed by atoms with Crippen molar-refractivity contribution in [1.29, 1.82) is 0 Å². The highest BCUT2D eigenvalue weighted by Gasteiger charge is 2.01. The summed E-state index contributed by atoms with van der Waals surface area (Å²) < 4.78 is 4.80.